The van der Waals surface area contributed by atoms with Crippen LogP contribution in [0, 0.1) is 5.41 Å². The number of guanidine groups is 1. The first-order valence-corrected chi connectivity index (χ1v) is 11.6. The number of aliphatic imine (C=N–C) groups is 1. The van der Waals surface area contributed by atoms with E-state index in [1.54, 1.807) is 0 Å². The third-order valence-electron chi connectivity index (χ3n) is 5.50. The van der Waals surface area contributed by atoms with Crippen molar-refractivity contribution in [3.8, 4) is 0 Å². The van der Waals surface area contributed by atoms with Crippen molar-refractivity contribution in [1.29, 1.82) is 0 Å². The van der Waals surface area contributed by atoms with E-state index in [0.717, 1.165) is 30.2 Å². The number of sulfonamides is 1. The summed E-state index contributed by atoms with van der Waals surface area (Å²) in [5.74, 6) is 0.843. The van der Waals surface area contributed by atoms with Gasteiger partial charge in [0.2, 0.25) is 10.0 Å². The lowest BCUT2D eigenvalue weighted by Gasteiger charge is -2.28. The Balaban J connectivity index is 0.00000392. The number of nitrogens with zero attached hydrogens (tertiary/aromatic N) is 1. The van der Waals surface area contributed by atoms with Gasteiger partial charge in [-0.3, -0.25) is 0 Å². The molecule has 2 rings (SSSR count). The van der Waals surface area contributed by atoms with Crippen molar-refractivity contribution >= 4 is 40.0 Å². The zero-order chi connectivity index (χ0) is 19.8. The second kappa shape index (κ2) is 12.0. The fourth-order valence-electron chi connectivity index (χ4n) is 3.60. The molecule has 28 heavy (non-hydrogen) atoms. The van der Waals surface area contributed by atoms with Gasteiger partial charge in [-0.05, 0) is 49.8 Å². The van der Waals surface area contributed by atoms with Crippen LogP contribution in [0.2, 0.25) is 0 Å². The topological polar surface area (TPSA) is 82.6 Å². The largest absolute Gasteiger partial charge is 0.357 e. The summed E-state index contributed by atoms with van der Waals surface area (Å²) in [6.45, 7) is 6.71. The highest BCUT2D eigenvalue weighted by Gasteiger charge is 2.31. The zero-order valence-corrected chi connectivity index (χ0v) is 20.4. The van der Waals surface area contributed by atoms with E-state index in [1.807, 2.05) is 24.3 Å². The lowest BCUT2D eigenvalue weighted by atomic mass is 9.83. The quantitative estimate of drug-likeness (QED) is 0.264. The second-order valence-electron chi connectivity index (χ2n) is 7.39. The minimum absolute atomic E-state index is 0. The molecule has 3 N–H and O–H groups in total. The number of rotatable bonds is 9. The van der Waals surface area contributed by atoms with Crippen molar-refractivity contribution in [2.24, 2.45) is 10.4 Å². The molecular weight excluding hydrogens is 487 g/mol. The first kappa shape index (κ1) is 25.2. The third kappa shape index (κ3) is 7.87. The van der Waals surface area contributed by atoms with E-state index in [9.17, 15) is 8.42 Å². The van der Waals surface area contributed by atoms with Crippen molar-refractivity contribution in [3.05, 3.63) is 35.4 Å². The Hall–Kier alpha value is -0.870. The number of nitrogens with one attached hydrogen (secondary N) is 3. The Bertz CT molecular complexity index is 714. The first-order chi connectivity index (χ1) is 12.9. The molecule has 0 aliphatic heterocycles. The number of benzene rings is 1. The molecule has 1 fully saturated rings. The Morgan fingerprint density at radius 3 is 2.21 bits per heavy atom. The molecule has 0 bridgehead atoms. The van der Waals surface area contributed by atoms with Crippen LogP contribution in [-0.4, -0.2) is 34.5 Å². The molecule has 0 amide bonds. The van der Waals surface area contributed by atoms with Gasteiger partial charge >= 0.3 is 0 Å². The van der Waals surface area contributed by atoms with Crippen LogP contribution >= 0.6 is 24.0 Å². The van der Waals surface area contributed by atoms with E-state index in [0.29, 0.717) is 12.0 Å². The normalized spacial score (nSPS) is 16.5. The van der Waals surface area contributed by atoms with E-state index in [4.69, 9.17) is 4.99 Å². The van der Waals surface area contributed by atoms with E-state index in [2.05, 4.69) is 29.2 Å². The minimum Gasteiger partial charge on any atom is -0.357 e. The summed E-state index contributed by atoms with van der Waals surface area (Å²) in [5.41, 5.74) is 2.24. The summed E-state index contributed by atoms with van der Waals surface area (Å²) in [7, 11) is -1.81. The van der Waals surface area contributed by atoms with Crippen molar-refractivity contribution in [2.75, 3.05) is 20.1 Å². The molecule has 0 spiro atoms. The summed E-state index contributed by atoms with van der Waals surface area (Å²) in [6, 6.07) is 7.59. The van der Waals surface area contributed by atoms with Crippen LogP contribution in [0.25, 0.3) is 0 Å². The lowest BCUT2D eigenvalue weighted by Crippen LogP contribution is -2.42. The Morgan fingerprint density at radius 2 is 1.68 bits per heavy atom. The molecule has 6 nitrogen and oxygen atoms in total. The summed E-state index contributed by atoms with van der Waals surface area (Å²) in [4.78, 5) is 4.69. The molecule has 1 saturated carbocycles. The highest BCUT2D eigenvalue weighted by molar-refractivity contribution is 14.0. The van der Waals surface area contributed by atoms with Gasteiger partial charge in [0.05, 0.1) is 12.3 Å². The van der Waals surface area contributed by atoms with Crippen LogP contribution in [0.3, 0.4) is 0 Å². The Kier molecular flexibility index (Phi) is 10.8. The molecule has 8 heteroatoms. The molecule has 0 atom stereocenters. The lowest BCUT2D eigenvalue weighted by molar-refractivity contribution is 0.283. The van der Waals surface area contributed by atoms with Gasteiger partial charge in [-0.1, -0.05) is 44.0 Å². The van der Waals surface area contributed by atoms with E-state index in [-0.39, 0.29) is 29.7 Å². The van der Waals surface area contributed by atoms with Crippen molar-refractivity contribution in [1.82, 2.24) is 15.4 Å². The van der Waals surface area contributed by atoms with Crippen molar-refractivity contribution in [3.63, 3.8) is 0 Å². The van der Waals surface area contributed by atoms with Gasteiger partial charge < -0.3 is 10.6 Å². The fourth-order valence-corrected chi connectivity index (χ4v) is 4.37. The van der Waals surface area contributed by atoms with E-state index < -0.39 is 10.0 Å². The van der Waals surface area contributed by atoms with Crippen LogP contribution in [0.15, 0.2) is 29.3 Å². The van der Waals surface area contributed by atoms with E-state index >= 15 is 0 Å². The number of hydrogen-bond donors (Lipinski definition) is 3. The van der Waals surface area contributed by atoms with Crippen LogP contribution in [-0.2, 0) is 22.3 Å². The zero-order valence-electron chi connectivity index (χ0n) is 17.3. The van der Waals surface area contributed by atoms with Gasteiger partial charge in [-0.2, -0.15) is 0 Å². The molecule has 1 aromatic carbocycles. The molecule has 160 valence electrons. The summed E-state index contributed by atoms with van der Waals surface area (Å²) in [6.07, 6.45) is 6.47. The van der Waals surface area contributed by atoms with Crippen LogP contribution in [0.1, 0.15) is 57.1 Å². The summed E-state index contributed by atoms with van der Waals surface area (Å²) < 4.78 is 25.6. The van der Waals surface area contributed by atoms with Crippen LogP contribution in [0.4, 0.5) is 0 Å². The average Bonchev–Trinajstić information content (AvgIpc) is 3.14. The molecule has 0 radical (unpaired) electrons. The van der Waals surface area contributed by atoms with Gasteiger partial charge in [0.25, 0.3) is 0 Å². The summed E-state index contributed by atoms with van der Waals surface area (Å²) in [5, 5.41) is 6.85. The van der Waals surface area contributed by atoms with Gasteiger partial charge in [-0.25, -0.2) is 18.1 Å². The van der Waals surface area contributed by atoms with Crippen LogP contribution in [0.5, 0.6) is 0 Å². The highest BCUT2D eigenvalue weighted by atomic mass is 127. The number of halogens is 1. The number of hydrogen-bond acceptors (Lipinski definition) is 3. The maximum Gasteiger partial charge on any atom is 0.215 e. The predicted octanol–water partition coefficient (Wildman–Crippen LogP) is 3.38. The van der Waals surface area contributed by atoms with Gasteiger partial charge in [0.15, 0.2) is 5.96 Å². The standard InChI is InChI=1S/C20H34N4O2S.HI/c1-4-20(12-6-7-13-20)16-24-19(22-5-2)23-14-17-8-10-18(11-9-17)15-27(25,26)21-3;/h8-11,21H,4-7,12-16H2,1-3H3,(H2,22,23,24);1H. The molecule has 1 aliphatic carbocycles. The monoisotopic (exact) mass is 522 g/mol. The molecule has 0 saturated heterocycles. The molecule has 1 aromatic rings. The molecule has 0 heterocycles. The van der Waals surface area contributed by atoms with Gasteiger partial charge in [-0.15, -0.1) is 24.0 Å². The predicted molar refractivity (Wildman–Crippen MR) is 128 cm³/mol. The maximum atomic E-state index is 11.6. The fraction of sp³-hybridized carbons (Fsp3) is 0.650. The summed E-state index contributed by atoms with van der Waals surface area (Å²) >= 11 is 0. The second-order valence-corrected chi connectivity index (χ2v) is 9.32. The van der Waals surface area contributed by atoms with E-state index in [1.165, 1.54) is 39.2 Å². The first-order valence-electron chi connectivity index (χ1n) is 9.93. The Labute approximate surface area is 187 Å². The smallest absolute Gasteiger partial charge is 0.215 e. The maximum absolute atomic E-state index is 11.6. The van der Waals surface area contributed by atoms with Crippen molar-refractivity contribution < 1.29 is 8.42 Å². The minimum atomic E-state index is -3.24. The average molecular weight is 522 g/mol. The molecular formula is C20H35IN4O2S. The molecule has 0 aromatic heterocycles. The van der Waals surface area contributed by atoms with Crippen LogP contribution < -0.4 is 15.4 Å². The van der Waals surface area contributed by atoms with Gasteiger partial charge in [0, 0.05) is 13.1 Å². The SMILES string of the molecule is CCNC(=NCc1ccc(CS(=O)(=O)NC)cc1)NCC1(CC)CCCC1.I. The molecule has 0 unspecified atom stereocenters. The van der Waals surface area contributed by atoms with Crippen molar-refractivity contribution in [2.45, 2.75) is 58.2 Å². The third-order valence-corrected chi connectivity index (χ3v) is 6.84. The highest BCUT2D eigenvalue weighted by Crippen LogP contribution is 2.40. The Morgan fingerprint density at radius 1 is 1.07 bits per heavy atom. The van der Waals surface area contributed by atoms with Gasteiger partial charge in [0.1, 0.15) is 0 Å². The molecule has 1 aliphatic rings.